The van der Waals surface area contributed by atoms with Crippen molar-refractivity contribution in [1.29, 1.82) is 0 Å². The summed E-state index contributed by atoms with van der Waals surface area (Å²) in [5, 5.41) is 0.485. The van der Waals surface area contributed by atoms with Gasteiger partial charge < -0.3 is 15.2 Å². The highest BCUT2D eigenvalue weighted by Gasteiger charge is 2.12. The lowest BCUT2D eigenvalue weighted by Gasteiger charge is -2.09. The average molecular weight is 278 g/mol. The predicted molar refractivity (Wildman–Crippen MR) is 73.7 cm³/mol. The summed E-state index contributed by atoms with van der Waals surface area (Å²) in [7, 11) is 1.30. The van der Waals surface area contributed by atoms with E-state index in [1.807, 2.05) is 0 Å². The molecule has 0 aromatic heterocycles. The zero-order valence-corrected chi connectivity index (χ0v) is 11.0. The number of carbonyl (C=O) groups excluding carboxylic acids is 1. The standard InChI is InChI=1S/C14H12ClNO3/c1-18-14(17)10-8-9(6-7-12(10)16)19-13-5-3-2-4-11(13)15/h2-8H,16H2,1H3. The summed E-state index contributed by atoms with van der Waals surface area (Å²) in [6, 6.07) is 11.8. The Labute approximate surface area is 115 Å². The van der Waals surface area contributed by atoms with Gasteiger partial charge in [0.1, 0.15) is 11.5 Å². The van der Waals surface area contributed by atoms with Crippen molar-refractivity contribution < 1.29 is 14.3 Å². The van der Waals surface area contributed by atoms with Crippen LogP contribution in [0.2, 0.25) is 5.02 Å². The highest BCUT2D eigenvalue weighted by molar-refractivity contribution is 6.32. The van der Waals surface area contributed by atoms with Crippen LogP contribution in [0.3, 0.4) is 0 Å². The second-order valence-electron chi connectivity index (χ2n) is 3.77. The van der Waals surface area contributed by atoms with E-state index in [-0.39, 0.29) is 5.56 Å². The first-order valence-corrected chi connectivity index (χ1v) is 5.90. The molecule has 0 aliphatic carbocycles. The van der Waals surface area contributed by atoms with Crippen molar-refractivity contribution in [3.05, 3.63) is 53.1 Å². The summed E-state index contributed by atoms with van der Waals surface area (Å²) in [6.45, 7) is 0. The molecule has 2 N–H and O–H groups in total. The number of halogens is 1. The number of para-hydroxylation sites is 1. The molecule has 0 amide bonds. The van der Waals surface area contributed by atoms with Crippen molar-refractivity contribution in [2.75, 3.05) is 12.8 Å². The van der Waals surface area contributed by atoms with Crippen LogP contribution in [0.15, 0.2) is 42.5 Å². The molecule has 0 aliphatic heterocycles. The van der Waals surface area contributed by atoms with Gasteiger partial charge >= 0.3 is 5.97 Å². The number of esters is 1. The molecule has 2 aromatic carbocycles. The van der Waals surface area contributed by atoms with Gasteiger partial charge in [0.2, 0.25) is 0 Å². The molecular formula is C14H12ClNO3. The molecule has 2 aromatic rings. The third kappa shape index (κ3) is 2.98. The number of ether oxygens (including phenoxy) is 2. The van der Waals surface area contributed by atoms with Gasteiger partial charge in [-0.2, -0.15) is 0 Å². The Balaban J connectivity index is 2.32. The van der Waals surface area contributed by atoms with Gasteiger partial charge in [-0.3, -0.25) is 0 Å². The summed E-state index contributed by atoms with van der Waals surface area (Å²) in [4.78, 5) is 11.5. The van der Waals surface area contributed by atoms with E-state index in [4.69, 9.17) is 22.1 Å². The van der Waals surface area contributed by atoms with Crippen molar-refractivity contribution in [3.8, 4) is 11.5 Å². The van der Waals surface area contributed by atoms with E-state index in [2.05, 4.69) is 4.74 Å². The lowest BCUT2D eigenvalue weighted by atomic mass is 10.1. The molecule has 0 saturated heterocycles. The number of benzene rings is 2. The fourth-order valence-electron chi connectivity index (χ4n) is 1.54. The number of rotatable bonds is 3. The molecule has 98 valence electrons. The molecule has 0 unspecified atom stereocenters. The summed E-state index contributed by atoms with van der Waals surface area (Å²) in [6.07, 6.45) is 0. The minimum absolute atomic E-state index is 0.257. The van der Waals surface area contributed by atoms with Gasteiger partial charge in [-0.15, -0.1) is 0 Å². The van der Waals surface area contributed by atoms with Gasteiger partial charge in [0.25, 0.3) is 0 Å². The SMILES string of the molecule is COC(=O)c1cc(Oc2ccccc2Cl)ccc1N. The largest absolute Gasteiger partial charge is 0.465 e. The van der Waals surface area contributed by atoms with Crippen LogP contribution in [0.25, 0.3) is 0 Å². The van der Waals surface area contributed by atoms with E-state index >= 15 is 0 Å². The van der Waals surface area contributed by atoms with Crippen LogP contribution in [-0.2, 0) is 4.74 Å². The molecule has 0 aliphatic rings. The minimum atomic E-state index is -0.512. The van der Waals surface area contributed by atoms with Crippen LogP contribution in [0.5, 0.6) is 11.5 Å². The molecule has 0 fully saturated rings. The first kappa shape index (κ1) is 13.2. The molecule has 5 heteroatoms. The number of hydrogen-bond donors (Lipinski definition) is 1. The van der Waals surface area contributed by atoms with Gasteiger partial charge in [0, 0.05) is 5.69 Å². The topological polar surface area (TPSA) is 61.5 Å². The number of methoxy groups -OCH3 is 1. The normalized spacial score (nSPS) is 10.0. The van der Waals surface area contributed by atoms with E-state index in [9.17, 15) is 4.79 Å². The van der Waals surface area contributed by atoms with Crippen molar-refractivity contribution in [2.45, 2.75) is 0 Å². The molecule has 4 nitrogen and oxygen atoms in total. The maximum absolute atomic E-state index is 11.5. The highest BCUT2D eigenvalue weighted by atomic mass is 35.5. The van der Waals surface area contributed by atoms with Crippen LogP contribution in [-0.4, -0.2) is 13.1 Å². The number of anilines is 1. The van der Waals surface area contributed by atoms with Crippen molar-refractivity contribution in [1.82, 2.24) is 0 Å². The molecule has 0 bridgehead atoms. The fourth-order valence-corrected chi connectivity index (χ4v) is 1.71. The lowest BCUT2D eigenvalue weighted by molar-refractivity contribution is 0.0601. The molecule has 0 saturated carbocycles. The number of carbonyl (C=O) groups is 1. The van der Waals surface area contributed by atoms with E-state index < -0.39 is 5.97 Å². The third-order valence-electron chi connectivity index (χ3n) is 2.49. The zero-order valence-electron chi connectivity index (χ0n) is 10.2. The average Bonchev–Trinajstić information content (AvgIpc) is 2.42. The number of nitrogen functional groups attached to an aromatic ring is 1. The Morgan fingerprint density at radius 2 is 1.95 bits per heavy atom. The number of hydrogen-bond acceptors (Lipinski definition) is 4. The van der Waals surface area contributed by atoms with E-state index in [1.54, 1.807) is 36.4 Å². The van der Waals surface area contributed by atoms with E-state index in [0.717, 1.165) is 0 Å². The second kappa shape index (κ2) is 5.63. The second-order valence-corrected chi connectivity index (χ2v) is 4.18. The fraction of sp³-hybridized carbons (Fsp3) is 0.0714. The summed E-state index contributed by atoms with van der Waals surface area (Å²) < 4.78 is 10.2. The first-order chi connectivity index (χ1) is 9.11. The lowest BCUT2D eigenvalue weighted by Crippen LogP contribution is -2.05. The summed E-state index contributed by atoms with van der Waals surface area (Å²) >= 11 is 5.99. The molecule has 0 heterocycles. The van der Waals surface area contributed by atoms with Crippen LogP contribution >= 0.6 is 11.6 Å². The summed E-state index contributed by atoms with van der Waals surface area (Å²) in [5.74, 6) is 0.453. The van der Waals surface area contributed by atoms with Crippen LogP contribution in [0.1, 0.15) is 10.4 Å². The monoisotopic (exact) mass is 277 g/mol. The molecular weight excluding hydrogens is 266 g/mol. The predicted octanol–water partition coefficient (Wildman–Crippen LogP) is 3.50. The Morgan fingerprint density at radius 1 is 1.21 bits per heavy atom. The van der Waals surface area contributed by atoms with Crippen LogP contribution in [0, 0.1) is 0 Å². The Morgan fingerprint density at radius 3 is 2.63 bits per heavy atom. The van der Waals surface area contributed by atoms with E-state index in [1.165, 1.54) is 13.2 Å². The van der Waals surface area contributed by atoms with Crippen LogP contribution < -0.4 is 10.5 Å². The third-order valence-corrected chi connectivity index (χ3v) is 2.81. The Kier molecular flexibility index (Phi) is 3.92. The maximum atomic E-state index is 11.5. The smallest absolute Gasteiger partial charge is 0.340 e. The molecule has 0 radical (unpaired) electrons. The molecule has 2 rings (SSSR count). The van der Waals surface area contributed by atoms with Crippen LogP contribution in [0.4, 0.5) is 5.69 Å². The maximum Gasteiger partial charge on any atom is 0.340 e. The molecule has 19 heavy (non-hydrogen) atoms. The highest BCUT2D eigenvalue weighted by Crippen LogP contribution is 2.30. The Hall–Kier alpha value is -2.20. The van der Waals surface area contributed by atoms with Gasteiger partial charge in [-0.1, -0.05) is 23.7 Å². The quantitative estimate of drug-likeness (QED) is 0.689. The summed E-state index contributed by atoms with van der Waals surface area (Å²) in [5.41, 5.74) is 6.30. The van der Waals surface area contributed by atoms with Gasteiger partial charge in [-0.25, -0.2) is 4.79 Å². The number of nitrogens with two attached hydrogens (primary N) is 1. The van der Waals surface area contributed by atoms with Crippen molar-refractivity contribution in [2.24, 2.45) is 0 Å². The van der Waals surface area contributed by atoms with Crippen molar-refractivity contribution in [3.63, 3.8) is 0 Å². The molecule has 0 atom stereocenters. The Bertz CT molecular complexity index is 613. The van der Waals surface area contributed by atoms with E-state index in [0.29, 0.717) is 22.2 Å². The van der Waals surface area contributed by atoms with Crippen molar-refractivity contribution >= 4 is 23.3 Å². The zero-order chi connectivity index (χ0) is 13.8. The molecule has 0 spiro atoms. The first-order valence-electron chi connectivity index (χ1n) is 5.52. The minimum Gasteiger partial charge on any atom is -0.465 e. The van der Waals surface area contributed by atoms with Gasteiger partial charge in [-0.05, 0) is 30.3 Å². The van der Waals surface area contributed by atoms with Gasteiger partial charge in [0.15, 0.2) is 0 Å². The van der Waals surface area contributed by atoms with Gasteiger partial charge in [0.05, 0.1) is 17.7 Å².